The van der Waals surface area contributed by atoms with Crippen molar-refractivity contribution in [2.45, 2.75) is 70.7 Å². The summed E-state index contributed by atoms with van der Waals surface area (Å²) < 4.78 is 30.0. The van der Waals surface area contributed by atoms with Crippen LogP contribution in [0.15, 0.2) is 24.3 Å². The van der Waals surface area contributed by atoms with Gasteiger partial charge in [0.05, 0.1) is 6.61 Å². The number of benzene rings is 1. The molecule has 138 valence electrons. The van der Waals surface area contributed by atoms with E-state index in [0.29, 0.717) is 19.4 Å². The summed E-state index contributed by atoms with van der Waals surface area (Å²) in [5.74, 6) is -1.21. The van der Waals surface area contributed by atoms with E-state index in [1.54, 1.807) is 20.3 Å². The zero-order chi connectivity index (χ0) is 17.7. The maximum absolute atomic E-state index is 13.2. The second kappa shape index (κ2) is 12.4. The molecule has 0 atom stereocenters. The number of methoxy groups -OCH3 is 2. The first kappa shape index (κ1) is 21.1. The van der Waals surface area contributed by atoms with Crippen molar-refractivity contribution in [3.63, 3.8) is 0 Å². The predicted octanol–water partition coefficient (Wildman–Crippen LogP) is 5.47. The molecule has 0 aromatic heterocycles. The average Bonchev–Trinajstić information content (AvgIpc) is 2.59. The minimum Gasteiger partial charge on any atom is -0.331 e. The Morgan fingerprint density at radius 1 is 0.958 bits per heavy atom. The maximum atomic E-state index is 13.2. The van der Waals surface area contributed by atoms with Crippen LogP contribution in [0.5, 0.6) is 0 Å². The van der Waals surface area contributed by atoms with Crippen LogP contribution in [0, 0.1) is 5.82 Å². The van der Waals surface area contributed by atoms with Gasteiger partial charge in [-0.15, -0.1) is 0 Å². The zero-order valence-electron chi connectivity index (χ0n) is 15.5. The quantitative estimate of drug-likeness (QED) is 0.332. The van der Waals surface area contributed by atoms with Crippen molar-refractivity contribution >= 4 is 0 Å². The molecule has 0 spiro atoms. The predicted molar refractivity (Wildman–Crippen MR) is 95.4 cm³/mol. The Morgan fingerprint density at radius 2 is 1.62 bits per heavy atom. The average molecular weight is 340 g/mol. The van der Waals surface area contributed by atoms with Gasteiger partial charge in [-0.2, -0.15) is 0 Å². The van der Waals surface area contributed by atoms with Crippen LogP contribution in [0.2, 0.25) is 0 Å². The SMILES string of the molecule is CCCCCCCCCC(OC)(OC)OCCc1cccc(F)c1. The Kier molecular flexibility index (Phi) is 10.9. The van der Waals surface area contributed by atoms with Gasteiger partial charge in [-0.1, -0.05) is 57.6 Å². The van der Waals surface area contributed by atoms with Crippen molar-refractivity contribution in [2.75, 3.05) is 20.8 Å². The van der Waals surface area contributed by atoms with E-state index in [-0.39, 0.29) is 5.82 Å². The Balaban J connectivity index is 2.30. The molecule has 0 heterocycles. The highest BCUT2D eigenvalue weighted by Gasteiger charge is 2.30. The second-order valence-corrected chi connectivity index (χ2v) is 6.19. The lowest BCUT2D eigenvalue weighted by Crippen LogP contribution is -2.37. The summed E-state index contributed by atoms with van der Waals surface area (Å²) >= 11 is 0. The van der Waals surface area contributed by atoms with Gasteiger partial charge < -0.3 is 14.2 Å². The summed E-state index contributed by atoms with van der Waals surface area (Å²) in [6.45, 7) is 2.66. The summed E-state index contributed by atoms with van der Waals surface area (Å²) in [5.41, 5.74) is 0.909. The Labute approximate surface area is 146 Å². The molecule has 3 nitrogen and oxygen atoms in total. The fourth-order valence-electron chi connectivity index (χ4n) is 2.79. The van der Waals surface area contributed by atoms with Crippen LogP contribution in [0.25, 0.3) is 0 Å². The number of hydrogen-bond donors (Lipinski definition) is 0. The zero-order valence-corrected chi connectivity index (χ0v) is 15.5. The largest absolute Gasteiger partial charge is 0.331 e. The Morgan fingerprint density at radius 3 is 2.25 bits per heavy atom. The highest BCUT2D eigenvalue weighted by atomic mass is 19.1. The Hall–Kier alpha value is -0.970. The number of halogens is 1. The van der Waals surface area contributed by atoms with Crippen molar-refractivity contribution in [2.24, 2.45) is 0 Å². The molecular weight excluding hydrogens is 307 g/mol. The van der Waals surface area contributed by atoms with Crippen molar-refractivity contribution in [3.8, 4) is 0 Å². The molecule has 0 aliphatic heterocycles. The summed E-state index contributed by atoms with van der Waals surface area (Å²) in [6, 6.07) is 6.58. The van der Waals surface area contributed by atoms with Crippen LogP contribution in [0.3, 0.4) is 0 Å². The molecule has 4 heteroatoms. The summed E-state index contributed by atoms with van der Waals surface area (Å²) in [5, 5.41) is 0. The lowest BCUT2D eigenvalue weighted by molar-refractivity contribution is -0.365. The lowest BCUT2D eigenvalue weighted by Gasteiger charge is -2.30. The molecule has 0 aliphatic rings. The normalized spacial score (nSPS) is 11.8. The fourth-order valence-corrected chi connectivity index (χ4v) is 2.79. The van der Waals surface area contributed by atoms with Crippen molar-refractivity contribution in [1.29, 1.82) is 0 Å². The smallest absolute Gasteiger partial charge is 0.282 e. The fraction of sp³-hybridized carbons (Fsp3) is 0.700. The van der Waals surface area contributed by atoms with E-state index in [0.717, 1.165) is 18.4 Å². The molecule has 0 bridgehead atoms. The van der Waals surface area contributed by atoms with E-state index in [2.05, 4.69) is 6.92 Å². The van der Waals surface area contributed by atoms with E-state index in [1.165, 1.54) is 44.2 Å². The first-order valence-electron chi connectivity index (χ1n) is 9.14. The van der Waals surface area contributed by atoms with E-state index in [1.807, 2.05) is 6.07 Å². The number of unbranched alkanes of at least 4 members (excludes halogenated alkanes) is 6. The minimum absolute atomic E-state index is 0.222. The lowest BCUT2D eigenvalue weighted by atomic mass is 10.1. The number of ether oxygens (including phenoxy) is 3. The standard InChI is InChI=1S/C20H33FO3/c1-4-5-6-7-8-9-10-15-20(22-2,23-3)24-16-14-18-12-11-13-19(21)17-18/h11-13,17H,4-10,14-16H2,1-3H3. The van der Waals surface area contributed by atoms with Crippen LogP contribution in [0.1, 0.15) is 63.9 Å². The first-order chi connectivity index (χ1) is 11.7. The van der Waals surface area contributed by atoms with Gasteiger partial charge in [-0.25, -0.2) is 4.39 Å². The van der Waals surface area contributed by atoms with Gasteiger partial charge in [0.1, 0.15) is 5.82 Å². The molecule has 0 saturated heterocycles. The van der Waals surface area contributed by atoms with Gasteiger partial charge in [0.2, 0.25) is 0 Å². The molecule has 0 aliphatic carbocycles. The van der Waals surface area contributed by atoms with Crippen LogP contribution in [-0.4, -0.2) is 26.8 Å². The molecule has 24 heavy (non-hydrogen) atoms. The molecule has 0 amide bonds. The van der Waals surface area contributed by atoms with Gasteiger partial charge in [0, 0.05) is 20.6 Å². The minimum atomic E-state index is -0.989. The molecule has 0 fully saturated rings. The van der Waals surface area contributed by atoms with Crippen LogP contribution in [-0.2, 0) is 20.6 Å². The van der Waals surface area contributed by atoms with Gasteiger partial charge in [0.25, 0.3) is 5.97 Å². The van der Waals surface area contributed by atoms with E-state index >= 15 is 0 Å². The monoisotopic (exact) mass is 340 g/mol. The van der Waals surface area contributed by atoms with E-state index in [4.69, 9.17) is 14.2 Å². The third-order valence-corrected chi connectivity index (χ3v) is 4.31. The van der Waals surface area contributed by atoms with E-state index in [9.17, 15) is 4.39 Å². The third-order valence-electron chi connectivity index (χ3n) is 4.31. The summed E-state index contributed by atoms with van der Waals surface area (Å²) in [4.78, 5) is 0. The van der Waals surface area contributed by atoms with Crippen LogP contribution in [0.4, 0.5) is 4.39 Å². The van der Waals surface area contributed by atoms with Gasteiger partial charge in [-0.3, -0.25) is 0 Å². The van der Waals surface area contributed by atoms with Crippen LogP contribution >= 0.6 is 0 Å². The third kappa shape index (κ3) is 8.22. The van der Waals surface area contributed by atoms with E-state index < -0.39 is 5.97 Å². The highest BCUT2D eigenvalue weighted by Crippen LogP contribution is 2.23. The highest BCUT2D eigenvalue weighted by molar-refractivity contribution is 5.16. The van der Waals surface area contributed by atoms with Crippen molar-refractivity contribution in [1.82, 2.24) is 0 Å². The van der Waals surface area contributed by atoms with Crippen LogP contribution < -0.4 is 0 Å². The molecular formula is C20H33FO3. The molecule has 0 saturated carbocycles. The second-order valence-electron chi connectivity index (χ2n) is 6.19. The molecule has 1 rings (SSSR count). The van der Waals surface area contributed by atoms with Gasteiger partial charge in [0.15, 0.2) is 0 Å². The first-order valence-corrected chi connectivity index (χ1v) is 9.14. The molecule has 0 radical (unpaired) electrons. The van der Waals surface area contributed by atoms with Gasteiger partial charge in [-0.05, 0) is 30.5 Å². The molecule has 1 aromatic rings. The Bertz CT molecular complexity index is 433. The van der Waals surface area contributed by atoms with Gasteiger partial charge >= 0.3 is 0 Å². The number of rotatable bonds is 14. The van der Waals surface area contributed by atoms with Crippen molar-refractivity contribution in [3.05, 3.63) is 35.6 Å². The summed E-state index contributed by atoms with van der Waals surface area (Å²) in [6.07, 6.45) is 9.95. The molecule has 1 aromatic carbocycles. The summed E-state index contributed by atoms with van der Waals surface area (Å²) in [7, 11) is 3.21. The molecule has 0 unspecified atom stereocenters. The maximum Gasteiger partial charge on any atom is 0.282 e. The number of hydrogen-bond acceptors (Lipinski definition) is 3. The van der Waals surface area contributed by atoms with Crippen molar-refractivity contribution < 1.29 is 18.6 Å². The topological polar surface area (TPSA) is 27.7 Å². The molecule has 0 N–H and O–H groups in total.